The molecule has 19 heavy (non-hydrogen) atoms. The molecule has 0 saturated heterocycles. The molecule has 1 atom stereocenters. The lowest BCUT2D eigenvalue weighted by molar-refractivity contribution is 0.571. The molecule has 0 radical (unpaired) electrons. The van der Waals surface area contributed by atoms with Crippen LogP contribution in [-0.4, -0.2) is 9.78 Å². The fourth-order valence-corrected chi connectivity index (χ4v) is 2.97. The second-order valence-electron chi connectivity index (χ2n) is 5.24. The number of aromatic nitrogens is 2. The molecule has 1 aromatic heterocycles. The van der Waals surface area contributed by atoms with E-state index in [-0.39, 0.29) is 0 Å². The topological polar surface area (TPSA) is 29.9 Å². The van der Waals surface area contributed by atoms with Crippen LogP contribution in [0.3, 0.4) is 0 Å². The SMILES string of the molecule is Cc1ccc(Cl)c(NC2CCCc3c2cnn3C)c1. The van der Waals surface area contributed by atoms with Crippen LogP contribution < -0.4 is 5.32 Å². The standard InChI is InChI=1S/C15H18ClN3/c1-10-6-7-12(16)14(8-10)18-13-4-3-5-15-11(13)9-17-19(15)2/h6-9,13,18H,3-5H2,1-2H3. The van der Waals surface area contributed by atoms with E-state index in [4.69, 9.17) is 11.6 Å². The van der Waals surface area contributed by atoms with Crippen LogP contribution in [0.4, 0.5) is 5.69 Å². The first-order valence-electron chi connectivity index (χ1n) is 6.68. The van der Waals surface area contributed by atoms with E-state index >= 15 is 0 Å². The van der Waals surface area contributed by atoms with E-state index in [9.17, 15) is 0 Å². The third kappa shape index (κ3) is 2.35. The number of hydrogen-bond acceptors (Lipinski definition) is 2. The van der Waals surface area contributed by atoms with Crippen molar-refractivity contribution in [2.24, 2.45) is 7.05 Å². The highest BCUT2D eigenvalue weighted by Crippen LogP contribution is 2.34. The van der Waals surface area contributed by atoms with Crippen LogP contribution >= 0.6 is 11.6 Å². The Morgan fingerprint density at radius 3 is 3.11 bits per heavy atom. The van der Waals surface area contributed by atoms with E-state index in [0.717, 1.165) is 23.6 Å². The third-order valence-electron chi connectivity index (χ3n) is 3.83. The average molecular weight is 276 g/mol. The number of halogens is 1. The van der Waals surface area contributed by atoms with Gasteiger partial charge in [0.25, 0.3) is 0 Å². The van der Waals surface area contributed by atoms with Crippen molar-refractivity contribution < 1.29 is 0 Å². The van der Waals surface area contributed by atoms with Gasteiger partial charge in [-0.25, -0.2) is 0 Å². The first-order valence-corrected chi connectivity index (χ1v) is 7.06. The van der Waals surface area contributed by atoms with E-state index in [2.05, 4.69) is 23.4 Å². The molecule has 0 aliphatic heterocycles. The Hall–Kier alpha value is -1.48. The number of fused-ring (bicyclic) bond motifs is 1. The number of anilines is 1. The van der Waals surface area contributed by atoms with Crippen LogP contribution in [0.15, 0.2) is 24.4 Å². The van der Waals surface area contributed by atoms with Crippen molar-refractivity contribution in [3.05, 3.63) is 46.2 Å². The maximum Gasteiger partial charge on any atom is 0.0637 e. The van der Waals surface area contributed by atoms with E-state index in [1.54, 1.807) is 0 Å². The third-order valence-corrected chi connectivity index (χ3v) is 4.16. The fraction of sp³-hybridized carbons (Fsp3) is 0.400. The summed E-state index contributed by atoms with van der Waals surface area (Å²) in [5.74, 6) is 0. The Bertz CT molecular complexity index is 603. The summed E-state index contributed by atoms with van der Waals surface area (Å²) in [4.78, 5) is 0. The molecular formula is C15H18ClN3. The molecule has 4 heteroatoms. The summed E-state index contributed by atoms with van der Waals surface area (Å²) in [7, 11) is 2.01. The van der Waals surface area contributed by atoms with Gasteiger partial charge >= 0.3 is 0 Å². The number of aryl methyl sites for hydroxylation is 2. The van der Waals surface area contributed by atoms with Crippen molar-refractivity contribution >= 4 is 17.3 Å². The van der Waals surface area contributed by atoms with Gasteiger partial charge in [-0.1, -0.05) is 17.7 Å². The molecule has 1 unspecified atom stereocenters. The largest absolute Gasteiger partial charge is 0.377 e. The predicted molar refractivity (Wildman–Crippen MR) is 78.7 cm³/mol. The molecule has 2 aromatic rings. The number of benzene rings is 1. The molecule has 0 fully saturated rings. The average Bonchev–Trinajstić information content (AvgIpc) is 2.77. The summed E-state index contributed by atoms with van der Waals surface area (Å²) < 4.78 is 1.99. The Labute approximate surface area is 118 Å². The fourth-order valence-electron chi connectivity index (χ4n) is 2.79. The van der Waals surface area contributed by atoms with Gasteiger partial charge in [0.2, 0.25) is 0 Å². The van der Waals surface area contributed by atoms with E-state index < -0.39 is 0 Å². The number of hydrogen-bond donors (Lipinski definition) is 1. The van der Waals surface area contributed by atoms with Gasteiger partial charge in [-0.15, -0.1) is 0 Å². The molecule has 0 bridgehead atoms. The smallest absolute Gasteiger partial charge is 0.0637 e. The minimum Gasteiger partial charge on any atom is -0.377 e. The number of nitrogens with one attached hydrogen (secondary N) is 1. The van der Waals surface area contributed by atoms with Crippen molar-refractivity contribution in [1.82, 2.24) is 9.78 Å². The summed E-state index contributed by atoms with van der Waals surface area (Å²) in [5.41, 5.74) is 4.89. The summed E-state index contributed by atoms with van der Waals surface area (Å²) in [5, 5.41) is 8.73. The first kappa shape index (κ1) is 12.5. The monoisotopic (exact) mass is 275 g/mol. The van der Waals surface area contributed by atoms with Crippen LogP contribution in [0.2, 0.25) is 5.02 Å². The molecule has 0 amide bonds. The quantitative estimate of drug-likeness (QED) is 0.902. The Morgan fingerprint density at radius 1 is 1.42 bits per heavy atom. The van der Waals surface area contributed by atoms with Gasteiger partial charge in [-0.3, -0.25) is 4.68 Å². The molecule has 3 rings (SSSR count). The highest BCUT2D eigenvalue weighted by Gasteiger charge is 2.23. The molecule has 0 saturated carbocycles. The van der Waals surface area contributed by atoms with Crippen molar-refractivity contribution in [3.63, 3.8) is 0 Å². The summed E-state index contributed by atoms with van der Waals surface area (Å²) in [6, 6.07) is 6.40. The van der Waals surface area contributed by atoms with Crippen LogP contribution in [0, 0.1) is 6.92 Å². The highest BCUT2D eigenvalue weighted by atomic mass is 35.5. The first-order chi connectivity index (χ1) is 9.15. The van der Waals surface area contributed by atoms with Crippen LogP contribution in [0.1, 0.15) is 35.7 Å². The Balaban J connectivity index is 1.90. The van der Waals surface area contributed by atoms with Crippen LogP contribution in [0.25, 0.3) is 0 Å². The molecular weight excluding hydrogens is 258 g/mol. The lowest BCUT2D eigenvalue weighted by Gasteiger charge is -2.25. The second kappa shape index (κ2) is 4.89. The minimum atomic E-state index is 0.316. The molecule has 0 spiro atoms. The van der Waals surface area contributed by atoms with Gasteiger partial charge in [0.1, 0.15) is 0 Å². The minimum absolute atomic E-state index is 0.316. The molecule has 3 nitrogen and oxygen atoms in total. The van der Waals surface area contributed by atoms with Gasteiger partial charge in [-0.2, -0.15) is 5.10 Å². The molecule has 1 aromatic carbocycles. The van der Waals surface area contributed by atoms with Gasteiger partial charge in [0.05, 0.1) is 22.9 Å². The number of rotatable bonds is 2. The van der Waals surface area contributed by atoms with Crippen molar-refractivity contribution in [3.8, 4) is 0 Å². The van der Waals surface area contributed by atoms with Crippen molar-refractivity contribution in [2.45, 2.75) is 32.2 Å². The molecule has 1 N–H and O–H groups in total. The zero-order chi connectivity index (χ0) is 13.4. The van der Waals surface area contributed by atoms with Gasteiger partial charge in [-0.05, 0) is 43.9 Å². The highest BCUT2D eigenvalue weighted by molar-refractivity contribution is 6.33. The van der Waals surface area contributed by atoms with Gasteiger partial charge < -0.3 is 5.32 Å². The zero-order valence-corrected chi connectivity index (χ0v) is 12.0. The maximum atomic E-state index is 6.26. The lowest BCUT2D eigenvalue weighted by atomic mass is 9.92. The maximum absolute atomic E-state index is 6.26. The summed E-state index contributed by atoms with van der Waals surface area (Å²) >= 11 is 6.26. The summed E-state index contributed by atoms with van der Waals surface area (Å²) in [6.07, 6.45) is 5.41. The van der Waals surface area contributed by atoms with E-state index in [1.807, 2.05) is 30.1 Å². The Morgan fingerprint density at radius 2 is 2.26 bits per heavy atom. The zero-order valence-electron chi connectivity index (χ0n) is 11.3. The van der Waals surface area contributed by atoms with E-state index in [0.29, 0.717) is 6.04 Å². The number of nitrogens with zero attached hydrogens (tertiary/aromatic N) is 2. The summed E-state index contributed by atoms with van der Waals surface area (Å²) in [6.45, 7) is 2.08. The Kier molecular flexibility index (Phi) is 3.23. The lowest BCUT2D eigenvalue weighted by Crippen LogP contribution is -2.18. The molecule has 1 aliphatic rings. The molecule has 1 aliphatic carbocycles. The predicted octanol–water partition coefficient (Wildman–Crippen LogP) is 3.87. The molecule has 1 heterocycles. The molecule has 100 valence electrons. The second-order valence-corrected chi connectivity index (χ2v) is 5.65. The van der Waals surface area contributed by atoms with E-state index in [1.165, 1.54) is 23.2 Å². The van der Waals surface area contributed by atoms with Crippen molar-refractivity contribution in [2.75, 3.05) is 5.32 Å². The van der Waals surface area contributed by atoms with Crippen LogP contribution in [0.5, 0.6) is 0 Å². The van der Waals surface area contributed by atoms with Crippen molar-refractivity contribution in [1.29, 1.82) is 0 Å². The van der Waals surface area contributed by atoms with Gasteiger partial charge in [0, 0.05) is 18.3 Å². The normalized spacial score (nSPS) is 18.2. The van der Waals surface area contributed by atoms with Crippen LogP contribution in [-0.2, 0) is 13.5 Å². The van der Waals surface area contributed by atoms with Gasteiger partial charge in [0.15, 0.2) is 0 Å².